The standard InChI is InChI=1S/C14H9ClO/c1-2-11-4-3-5-14(10-11)16-13-8-6-12(15)7-9-13/h1,3-10H. The molecular formula is C14H9ClO. The average molecular weight is 229 g/mol. The van der Waals surface area contributed by atoms with Gasteiger partial charge in [-0.1, -0.05) is 23.6 Å². The van der Waals surface area contributed by atoms with Crippen molar-refractivity contribution in [3.05, 3.63) is 59.1 Å². The predicted octanol–water partition coefficient (Wildman–Crippen LogP) is 4.11. The zero-order chi connectivity index (χ0) is 11.4. The van der Waals surface area contributed by atoms with Gasteiger partial charge < -0.3 is 4.74 Å². The summed E-state index contributed by atoms with van der Waals surface area (Å²) in [7, 11) is 0. The van der Waals surface area contributed by atoms with Crippen LogP contribution in [-0.2, 0) is 0 Å². The van der Waals surface area contributed by atoms with Gasteiger partial charge in [0.1, 0.15) is 11.5 Å². The van der Waals surface area contributed by atoms with Crippen molar-refractivity contribution < 1.29 is 4.74 Å². The van der Waals surface area contributed by atoms with Gasteiger partial charge in [-0.05, 0) is 42.5 Å². The third-order valence-corrected chi connectivity index (χ3v) is 2.30. The quantitative estimate of drug-likeness (QED) is 0.703. The van der Waals surface area contributed by atoms with Crippen molar-refractivity contribution in [3.8, 4) is 23.8 Å². The first-order valence-electron chi connectivity index (χ1n) is 4.78. The summed E-state index contributed by atoms with van der Waals surface area (Å²) < 4.78 is 5.62. The normalized spacial score (nSPS) is 9.50. The van der Waals surface area contributed by atoms with Crippen LogP contribution in [0.1, 0.15) is 5.56 Å². The Bertz CT molecular complexity index is 523. The van der Waals surface area contributed by atoms with E-state index in [2.05, 4.69) is 5.92 Å². The molecule has 0 aliphatic rings. The van der Waals surface area contributed by atoms with Gasteiger partial charge in [0, 0.05) is 10.6 Å². The molecule has 0 bridgehead atoms. The first-order valence-corrected chi connectivity index (χ1v) is 5.16. The topological polar surface area (TPSA) is 9.23 Å². The Kier molecular flexibility index (Phi) is 3.14. The average Bonchev–Trinajstić information content (AvgIpc) is 2.32. The molecule has 2 heteroatoms. The maximum atomic E-state index is 5.78. The highest BCUT2D eigenvalue weighted by molar-refractivity contribution is 6.30. The van der Waals surface area contributed by atoms with Crippen molar-refractivity contribution in [1.29, 1.82) is 0 Å². The van der Waals surface area contributed by atoms with E-state index >= 15 is 0 Å². The van der Waals surface area contributed by atoms with E-state index in [1.165, 1.54) is 0 Å². The fourth-order valence-corrected chi connectivity index (χ4v) is 1.41. The van der Waals surface area contributed by atoms with E-state index in [4.69, 9.17) is 22.8 Å². The van der Waals surface area contributed by atoms with Gasteiger partial charge in [0.15, 0.2) is 0 Å². The van der Waals surface area contributed by atoms with Crippen LogP contribution in [0.5, 0.6) is 11.5 Å². The lowest BCUT2D eigenvalue weighted by Gasteiger charge is -2.05. The largest absolute Gasteiger partial charge is 0.457 e. The minimum absolute atomic E-state index is 0.685. The predicted molar refractivity (Wildman–Crippen MR) is 65.9 cm³/mol. The highest BCUT2D eigenvalue weighted by atomic mass is 35.5. The molecule has 0 atom stereocenters. The molecule has 78 valence electrons. The zero-order valence-electron chi connectivity index (χ0n) is 8.48. The number of ether oxygens (including phenoxy) is 1. The van der Waals surface area contributed by atoms with Crippen LogP contribution in [0.3, 0.4) is 0 Å². The van der Waals surface area contributed by atoms with E-state index in [-0.39, 0.29) is 0 Å². The summed E-state index contributed by atoms with van der Waals surface area (Å²) in [6.45, 7) is 0. The minimum Gasteiger partial charge on any atom is -0.457 e. The second-order valence-corrected chi connectivity index (χ2v) is 3.66. The van der Waals surface area contributed by atoms with Crippen LogP contribution in [0.4, 0.5) is 0 Å². The molecule has 0 saturated carbocycles. The molecule has 0 aliphatic carbocycles. The first-order chi connectivity index (χ1) is 7.78. The molecule has 0 fully saturated rings. The van der Waals surface area contributed by atoms with Crippen LogP contribution in [-0.4, -0.2) is 0 Å². The lowest BCUT2D eigenvalue weighted by atomic mass is 10.2. The summed E-state index contributed by atoms with van der Waals surface area (Å²) in [5.74, 6) is 4.02. The van der Waals surface area contributed by atoms with Gasteiger partial charge in [-0.2, -0.15) is 0 Å². The molecule has 0 unspecified atom stereocenters. The summed E-state index contributed by atoms with van der Waals surface area (Å²) in [5.41, 5.74) is 0.798. The SMILES string of the molecule is C#Cc1cccc(Oc2ccc(Cl)cc2)c1. The molecule has 0 saturated heterocycles. The molecule has 0 heterocycles. The number of rotatable bonds is 2. The summed E-state index contributed by atoms with van der Waals surface area (Å²) in [6.07, 6.45) is 5.31. The van der Waals surface area contributed by atoms with Crippen LogP contribution >= 0.6 is 11.6 Å². The Morgan fingerprint density at radius 2 is 1.75 bits per heavy atom. The Hall–Kier alpha value is -1.91. The van der Waals surface area contributed by atoms with Crippen LogP contribution < -0.4 is 4.74 Å². The Morgan fingerprint density at radius 3 is 2.44 bits per heavy atom. The zero-order valence-corrected chi connectivity index (χ0v) is 9.24. The molecule has 2 rings (SSSR count). The van der Waals surface area contributed by atoms with E-state index in [9.17, 15) is 0 Å². The lowest BCUT2D eigenvalue weighted by Crippen LogP contribution is -1.84. The number of hydrogen-bond acceptors (Lipinski definition) is 1. The van der Waals surface area contributed by atoms with E-state index in [0.29, 0.717) is 5.02 Å². The van der Waals surface area contributed by atoms with Gasteiger partial charge in [0.25, 0.3) is 0 Å². The lowest BCUT2D eigenvalue weighted by molar-refractivity contribution is 0.482. The van der Waals surface area contributed by atoms with Crippen molar-refractivity contribution in [2.24, 2.45) is 0 Å². The fraction of sp³-hybridized carbons (Fsp3) is 0. The summed E-state index contributed by atoms with van der Waals surface area (Å²) in [5, 5.41) is 0.685. The molecule has 0 N–H and O–H groups in total. The van der Waals surface area contributed by atoms with E-state index in [1.807, 2.05) is 36.4 Å². The van der Waals surface area contributed by atoms with Crippen molar-refractivity contribution in [2.75, 3.05) is 0 Å². The minimum atomic E-state index is 0.685. The number of halogens is 1. The second-order valence-electron chi connectivity index (χ2n) is 3.23. The fourth-order valence-electron chi connectivity index (χ4n) is 1.29. The summed E-state index contributed by atoms with van der Waals surface area (Å²) >= 11 is 5.78. The van der Waals surface area contributed by atoms with Gasteiger partial charge in [0.2, 0.25) is 0 Å². The molecule has 0 radical (unpaired) electrons. The molecule has 0 spiro atoms. The van der Waals surface area contributed by atoms with Gasteiger partial charge in [-0.15, -0.1) is 6.42 Å². The summed E-state index contributed by atoms with van der Waals surface area (Å²) in [6, 6.07) is 14.6. The molecular weight excluding hydrogens is 220 g/mol. The van der Waals surface area contributed by atoms with Crippen molar-refractivity contribution in [1.82, 2.24) is 0 Å². The van der Waals surface area contributed by atoms with E-state index in [1.54, 1.807) is 12.1 Å². The van der Waals surface area contributed by atoms with Gasteiger partial charge in [-0.3, -0.25) is 0 Å². The number of hydrogen-bond donors (Lipinski definition) is 0. The van der Waals surface area contributed by atoms with Crippen LogP contribution in [0.15, 0.2) is 48.5 Å². The Labute approximate surface area is 99.6 Å². The third-order valence-electron chi connectivity index (χ3n) is 2.05. The highest BCUT2D eigenvalue weighted by Crippen LogP contribution is 2.23. The molecule has 0 aromatic heterocycles. The van der Waals surface area contributed by atoms with E-state index in [0.717, 1.165) is 17.1 Å². The monoisotopic (exact) mass is 228 g/mol. The molecule has 16 heavy (non-hydrogen) atoms. The molecule has 0 aliphatic heterocycles. The van der Waals surface area contributed by atoms with Gasteiger partial charge >= 0.3 is 0 Å². The third kappa shape index (κ3) is 2.56. The van der Waals surface area contributed by atoms with Gasteiger partial charge in [0.05, 0.1) is 0 Å². The van der Waals surface area contributed by atoms with Crippen molar-refractivity contribution in [3.63, 3.8) is 0 Å². The highest BCUT2D eigenvalue weighted by Gasteiger charge is 1.97. The first kappa shape index (κ1) is 10.6. The van der Waals surface area contributed by atoms with Crippen LogP contribution in [0, 0.1) is 12.3 Å². The maximum absolute atomic E-state index is 5.78. The van der Waals surface area contributed by atoms with Crippen LogP contribution in [0.25, 0.3) is 0 Å². The van der Waals surface area contributed by atoms with Gasteiger partial charge in [-0.25, -0.2) is 0 Å². The van der Waals surface area contributed by atoms with E-state index < -0.39 is 0 Å². The number of terminal acetylenes is 1. The molecule has 1 nitrogen and oxygen atoms in total. The Balaban J connectivity index is 2.21. The molecule has 2 aromatic carbocycles. The maximum Gasteiger partial charge on any atom is 0.128 e. The van der Waals surface area contributed by atoms with Crippen molar-refractivity contribution >= 4 is 11.6 Å². The summed E-state index contributed by atoms with van der Waals surface area (Å²) in [4.78, 5) is 0. The second kappa shape index (κ2) is 4.74. The number of benzene rings is 2. The van der Waals surface area contributed by atoms with Crippen LogP contribution in [0.2, 0.25) is 5.02 Å². The molecule has 0 amide bonds. The van der Waals surface area contributed by atoms with Crippen molar-refractivity contribution in [2.45, 2.75) is 0 Å². The molecule has 2 aromatic rings. The smallest absolute Gasteiger partial charge is 0.128 e. The Morgan fingerprint density at radius 1 is 1.00 bits per heavy atom.